The summed E-state index contributed by atoms with van der Waals surface area (Å²) in [4.78, 5) is 5.09. The van der Waals surface area contributed by atoms with Crippen LogP contribution in [0, 0.1) is 0 Å². The van der Waals surface area contributed by atoms with Crippen LogP contribution in [0.4, 0.5) is 0 Å². The summed E-state index contributed by atoms with van der Waals surface area (Å²) in [5.41, 5.74) is 0. The first-order valence-electron chi connectivity index (χ1n) is 4.69. The predicted molar refractivity (Wildman–Crippen MR) is 49.0 cm³/mol. The van der Waals surface area contributed by atoms with Crippen LogP contribution in [0.25, 0.3) is 0 Å². The van der Waals surface area contributed by atoms with Crippen LogP contribution in [0.2, 0.25) is 6.04 Å². The highest BCUT2D eigenvalue weighted by molar-refractivity contribution is 6.70. The van der Waals surface area contributed by atoms with Crippen molar-refractivity contribution in [3.05, 3.63) is 0 Å². The Morgan fingerprint density at radius 1 is 1.46 bits per heavy atom. The molecule has 3 saturated heterocycles. The van der Waals surface area contributed by atoms with Crippen LogP contribution in [0.15, 0.2) is 0 Å². The SMILES string of the molecule is N[Si]12CCNC(CCOO1)COC2. The number of hydrogen-bond donors (Lipinski definition) is 2. The van der Waals surface area contributed by atoms with Crippen molar-refractivity contribution in [1.82, 2.24) is 5.32 Å². The van der Waals surface area contributed by atoms with Crippen molar-refractivity contribution in [2.75, 3.05) is 26.0 Å². The van der Waals surface area contributed by atoms with Gasteiger partial charge in [-0.25, -0.2) is 4.89 Å². The molecular formula is C7H16N2O3Si. The lowest BCUT2D eigenvalue weighted by Gasteiger charge is -2.27. The largest absolute Gasteiger partial charge is 0.379 e. The highest BCUT2D eigenvalue weighted by atomic mass is 28.4. The molecule has 0 amide bonds. The summed E-state index contributed by atoms with van der Waals surface area (Å²) in [5, 5.41) is 9.45. The minimum atomic E-state index is -2.22. The predicted octanol–water partition coefficient (Wildman–Crippen LogP) is -0.733. The summed E-state index contributed by atoms with van der Waals surface area (Å²) in [6.45, 7) is 2.24. The molecule has 5 nitrogen and oxygen atoms in total. The van der Waals surface area contributed by atoms with Crippen molar-refractivity contribution in [1.29, 1.82) is 0 Å². The van der Waals surface area contributed by atoms with Crippen molar-refractivity contribution >= 4 is 8.48 Å². The van der Waals surface area contributed by atoms with E-state index in [9.17, 15) is 0 Å². The molecule has 0 aromatic carbocycles. The zero-order valence-electron chi connectivity index (χ0n) is 7.62. The highest BCUT2D eigenvalue weighted by Crippen LogP contribution is 2.12. The van der Waals surface area contributed by atoms with E-state index in [1.807, 2.05) is 0 Å². The number of nitrogens with two attached hydrogens (primary N) is 1. The van der Waals surface area contributed by atoms with Crippen molar-refractivity contribution in [2.24, 2.45) is 5.40 Å². The Balaban J connectivity index is 2.05. The van der Waals surface area contributed by atoms with Crippen LogP contribution in [0.1, 0.15) is 6.42 Å². The van der Waals surface area contributed by atoms with E-state index in [1.165, 1.54) is 0 Å². The van der Waals surface area contributed by atoms with Crippen LogP contribution >= 0.6 is 0 Å². The number of fused-ring (bicyclic) bond motifs is 7. The highest BCUT2D eigenvalue weighted by Gasteiger charge is 2.36. The summed E-state index contributed by atoms with van der Waals surface area (Å²) in [5.74, 6) is 0. The van der Waals surface area contributed by atoms with Crippen molar-refractivity contribution in [2.45, 2.75) is 18.5 Å². The monoisotopic (exact) mass is 204 g/mol. The fourth-order valence-corrected chi connectivity index (χ4v) is 3.22. The maximum absolute atomic E-state index is 6.06. The molecule has 0 aliphatic carbocycles. The summed E-state index contributed by atoms with van der Waals surface area (Å²) in [6, 6.07) is 1.24. The molecule has 3 fully saturated rings. The summed E-state index contributed by atoms with van der Waals surface area (Å²) in [6.07, 6.45) is 1.47. The van der Waals surface area contributed by atoms with Gasteiger partial charge in [-0.15, -0.1) is 0 Å². The second-order valence-corrected chi connectivity index (χ2v) is 6.76. The minimum Gasteiger partial charge on any atom is -0.379 e. The topological polar surface area (TPSA) is 65.7 Å². The van der Waals surface area contributed by atoms with E-state index in [0.29, 0.717) is 18.9 Å². The number of rotatable bonds is 0. The molecule has 0 aromatic rings. The molecule has 2 bridgehead atoms. The smallest absolute Gasteiger partial charge is 0.335 e. The van der Waals surface area contributed by atoms with Gasteiger partial charge in [0.2, 0.25) is 0 Å². The normalized spacial score (nSPS) is 41.8. The zero-order chi connectivity index (χ0) is 9.15. The third-order valence-electron chi connectivity index (χ3n) is 2.42. The van der Waals surface area contributed by atoms with Gasteiger partial charge >= 0.3 is 8.48 Å². The van der Waals surface area contributed by atoms with E-state index in [0.717, 1.165) is 25.6 Å². The molecule has 2 atom stereocenters. The second-order valence-electron chi connectivity index (χ2n) is 3.67. The van der Waals surface area contributed by atoms with Gasteiger partial charge in [-0.2, -0.15) is 0 Å². The molecular weight excluding hydrogens is 188 g/mol. The van der Waals surface area contributed by atoms with E-state index in [-0.39, 0.29) is 0 Å². The summed E-state index contributed by atoms with van der Waals surface area (Å²) in [7, 11) is -2.22. The maximum atomic E-state index is 6.06. The minimum absolute atomic E-state index is 0.389. The molecule has 6 heteroatoms. The van der Waals surface area contributed by atoms with Gasteiger partial charge in [-0.3, -0.25) is 4.58 Å². The Hall–Kier alpha value is 0.0169. The van der Waals surface area contributed by atoms with Crippen LogP contribution in [-0.2, 0) is 14.2 Å². The quantitative estimate of drug-likeness (QED) is 0.402. The lowest BCUT2D eigenvalue weighted by molar-refractivity contribution is -0.220. The van der Waals surface area contributed by atoms with Gasteiger partial charge in [-0.05, 0) is 19.0 Å². The van der Waals surface area contributed by atoms with Crippen molar-refractivity contribution in [3.8, 4) is 0 Å². The first-order valence-corrected chi connectivity index (χ1v) is 7.09. The van der Waals surface area contributed by atoms with E-state index in [1.54, 1.807) is 0 Å². The van der Waals surface area contributed by atoms with E-state index >= 15 is 0 Å². The molecule has 3 aliphatic rings. The maximum Gasteiger partial charge on any atom is 0.335 e. The Labute approximate surface area is 78.7 Å². The fraction of sp³-hybridized carbons (Fsp3) is 1.00. The molecule has 0 spiro atoms. The lowest BCUT2D eigenvalue weighted by atomic mass is 10.2. The molecule has 2 unspecified atom stereocenters. The van der Waals surface area contributed by atoms with Gasteiger partial charge in [0.25, 0.3) is 0 Å². The standard InChI is InChI=1S/C7H16N2O3Si/c8-13-4-2-9-7(5-10-6-13)1-3-11-12-13/h7,9H,1-6,8H2. The average Bonchev–Trinajstić information content (AvgIpc) is 2.20. The molecule has 0 saturated carbocycles. The van der Waals surface area contributed by atoms with E-state index < -0.39 is 8.48 Å². The first-order chi connectivity index (χ1) is 6.29. The number of nitrogens with one attached hydrogen (secondary N) is 1. The molecule has 3 rings (SSSR count). The number of hydrogen-bond acceptors (Lipinski definition) is 5. The average molecular weight is 204 g/mol. The Bertz CT molecular complexity index is 166. The van der Waals surface area contributed by atoms with E-state index in [2.05, 4.69) is 5.32 Å². The molecule has 0 aromatic heterocycles. The third-order valence-corrected chi connectivity index (χ3v) is 4.66. The number of ether oxygens (including phenoxy) is 1. The van der Waals surface area contributed by atoms with Gasteiger partial charge in [0.15, 0.2) is 0 Å². The molecule has 76 valence electrons. The summed E-state index contributed by atoms with van der Waals surface area (Å²) >= 11 is 0. The molecule has 3 N–H and O–H groups in total. The lowest BCUT2D eigenvalue weighted by Crippen LogP contribution is -2.57. The molecule has 3 heterocycles. The van der Waals surface area contributed by atoms with Crippen molar-refractivity contribution < 1.29 is 14.2 Å². The Morgan fingerprint density at radius 2 is 2.38 bits per heavy atom. The van der Waals surface area contributed by atoms with Gasteiger partial charge in [0.05, 0.1) is 19.4 Å². The Morgan fingerprint density at radius 3 is 3.31 bits per heavy atom. The Kier molecular flexibility index (Phi) is 2.97. The molecule has 3 aliphatic heterocycles. The second kappa shape index (κ2) is 4.03. The van der Waals surface area contributed by atoms with Crippen LogP contribution in [-0.4, -0.2) is 40.5 Å². The van der Waals surface area contributed by atoms with Gasteiger partial charge < -0.3 is 15.5 Å². The molecule has 0 radical (unpaired) electrons. The van der Waals surface area contributed by atoms with Crippen molar-refractivity contribution in [3.63, 3.8) is 0 Å². The van der Waals surface area contributed by atoms with Crippen LogP contribution in [0.3, 0.4) is 0 Å². The first kappa shape index (κ1) is 9.57. The zero-order valence-corrected chi connectivity index (χ0v) is 8.62. The molecule has 13 heavy (non-hydrogen) atoms. The van der Waals surface area contributed by atoms with E-state index in [4.69, 9.17) is 19.6 Å². The van der Waals surface area contributed by atoms with Gasteiger partial charge in [0, 0.05) is 6.04 Å². The van der Waals surface area contributed by atoms with Crippen LogP contribution < -0.4 is 10.7 Å². The van der Waals surface area contributed by atoms with Gasteiger partial charge in [-0.1, -0.05) is 0 Å². The third kappa shape index (κ3) is 2.49. The fourth-order valence-electron chi connectivity index (χ4n) is 1.59. The summed E-state index contributed by atoms with van der Waals surface area (Å²) < 4.78 is 10.8. The van der Waals surface area contributed by atoms with Gasteiger partial charge in [0.1, 0.15) is 0 Å². The van der Waals surface area contributed by atoms with Crippen LogP contribution in [0.5, 0.6) is 0 Å².